The molecule has 0 radical (unpaired) electrons. The van der Waals surface area contributed by atoms with Crippen molar-refractivity contribution in [2.45, 2.75) is 11.8 Å². The van der Waals surface area contributed by atoms with Crippen LogP contribution in [0.4, 0.5) is 8.78 Å². The largest absolute Gasteiger partial charge is 0.466 e. The first-order chi connectivity index (χ1) is 11.9. The summed E-state index contributed by atoms with van der Waals surface area (Å²) in [5.41, 5.74) is 5.39. The average Bonchev–Trinajstić information content (AvgIpc) is 2.62. The summed E-state index contributed by atoms with van der Waals surface area (Å²) in [4.78, 5) is 12.1. The van der Waals surface area contributed by atoms with Gasteiger partial charge in [-0.3, -0.25) is 0 Å². The second-order valence-electron chi connectivity index (χ2n) is 5.75. The molecule has 1 atom stereocenters. The predicted octanol–water partition coefficient (Wildman–Crippen LogP) is 3.02. The maximum Gasteiger partial charge on any atom is 0.335 e. The van der Waals surface area contributed by atoms with E-state index in [0.29, 0.717) is 11.1 Å². The summed E-state index contributed by atoms with van der Waals surface area (Å²) in [6.07, 6.45) is -0.0932. The van der Waals surface area contributed by atoms with Crippen molar-refractivity contribution in [3.8, 4) is 6.07 Å². The Morgan fingerprint density at radius 1 is 1.24 bits per heavy atom. The first-order valence-corrected chi connectivity index (χ1v) is 7.48. The van der Waals surface area contributed by atoms with Gasteiger partial charge in [0.1, 0.15) is 17.0 Å². The predicted molar refractivity (Wildman–Crippen MR) is 86.9 cm³/mol. The van der Waals surface area contributed by atoms with Crippen LogP contribution < -0.4 is 5.73 Å². The molecule has 2 aromatic rings. The minimum atomic E-state index is -1.38. The second kappa shape index (κ2) is 6.02. The van der Waals surface area contributed by atoms with Gasteiger partial charge in [-0.2, -0.15) is 5.26 Å². The number of benzene rings is 2. The van der Waals surface area contributed by atoms with Crippen LogP contribution in [0.2, 0.25) is 0 Å². The van der Waals surface area contributed by atoms with E-state index in [0.717, 1.165) is 0 Å². The Balaban J connectivity index is 2.36. The van der Waals surface area contributed by atoms with Gasteiger partial charge in [0.05, 0.1) is 24.4 Å². The molecule has 0 bridgehead atoms. The number of carbonyl (C=O) groups is 1. The zero-order valence-electron chi connectivity index (χ0n) is 13.3. The number of carbonyl (C=O) groups excluding carboxylic acids is 1. The maximum atomic E-state index is 14.5. The Morgan fingerprint density at radius 3 is 2.52 bits per heavy atom. The van der Waals surface area contributed by atoms with Crippen molar-refractivity contribution in [1.29, 1.82) is 5.26 Å². The molecule has 1 aliphatic carbocycles. The second-order valence-corrected chi connectivity index (χ2v) is 5.75. The van der Waals surface area contributed by atoms with Crippen molar-refractivity contribution in [2.24, 2.45) is 5.73 Å². The Morgan fingerprint density at radius 2 is 1.92 bits per heavy atom. The molecule has 3 rings (SSSR count). The number of esters is 1. The topological polar surface area (TPSA) is 76.1 Å². The van der Waals surface area contributed by atoms with Crippen molar-refractivity contribution in [2.75, 3.05) is 7.11 Å². The van der Waals surface area contributed by atoms with Gasteiger partial charge >= 0.3 is 5.97 Å². The van der Waals surface area contributed by atoms with Gasteiger partial charge in [-0.1, -0.05) is 24.3 Å². The molecule has 0 fully saturated rings. The van der Waals surface area contributed by atoms with Crippen LogP contribution in [0.25, 0.3) is 5.70 Å². The van der Waals surface area contributed by atoms with E-state index in [4.69, 9.17) is 10.5 Å². The van der Waals surface area contributed by atoms with E-state index in [1.165, 1.54) is 43.5 Å². The number of rotatable bonds is 2. The lowest BCUT2D eigenvalue weighted by Gasteiger charge is -2.35. The van der Waals surface area contributed by atoms with E-state index in [1.807, 2.05) is 0 Å². The van der Waals surface area contributed by atoms with Crippen LogP contribution in [0.5, 0.6) is 0 Å². The highest BCUT2D eigenvalue weighted by Gasteiger charge is 2.44. The number of hydrogen-bond donors (Lipinski definition) is 1. The van der Waals surface area contributed by atoms with E-state index in [2.05, 4.69) is 6.07 Å². The minimum absolute atomic E-state index is 0.0000231. The lowest BCUT2D eigenvalue weighted by molar-refractivity contribution is -0.136. The Hall–Kier alpha value is -3.20. The quantitative estimate of drug-likeness (QED) is 0.853. The van der Waals surface area contributed by atoms with Crippen LogP contribution in [0.3, 0.4) is 0 Å². The number of methoxy groups -OCH3 is 1. The number of fused-ring (bicyclic) bond motifs is 1. The fourth-order valence-corrected chi connectivity index (χ4v) is 3.22. The van der Waals surface area contributed by atoms with Crippen LogP contribution >= 0.6 is 0 Å². The molecular weight excluding hydrogens is 326 g/mol. The van der Waals surface area contributed by atoms with Crippen LogP contribution in [-0.2, 0) is 14.9 Å². The van der Waals surface area contributed by atoms with Gasteiger partial charge in [0.2, 0.25) is 0 Å². The molecule has 1 unspecified atom stereocenters. The van der Waals surface area contributed by atoms with Crippen molar-refractivity contribution >= 4 is 11.7 Å². The number of nitriles is 1. The Kier molecular flexibility index (Phi) is 4.01. The Labute approximate surface area is 143 Å². The third kappa shape index (κ3) is 2.45. The molecule has 126 valence electrons. The lowest BCUT2D eigenvalue weighted by Crippen LogP contribution is -2.35. The summed E-state index contributed by atoms with van der Waals surface area (Å²) in [7, 11) is 1.19. The summed E-state index contributed by atoms with van der Waals surface area (Å²) >= 11 is 0. The third-order valence-corrected chi connectivity index (χ3v) is 4.47. The molecule has 4 nitrogen and oxygen atoms in total. The Bertz CT molecular complexity index is 929. The fraction of sp³-hybridized carbons (Fsp3) is 0.158. The molecule has 0 heterocycles. The van der Waals surface area contributed by atoms with E-state index >= 15 is 0 Å². The highest BCUT2D eigenvalue weighted by molar-refractivity contribution is 5.99. The molecule has 2 aromatic carbocycles. The van der Waals surface area contributed by atoms with Crippen LogP contribution in [-0.4, -0.2) is 13.1 Å². The molecule has 0 amide bonds. The van der Waals surface area contributed by atoms with Gasteiger partial charge < -0.3 is 10.5 Å². The summed E-state index contributed by atoms with van der Waals surface area (Å²) < 4.78 is 32.5. The monoisotopic (exact) mass is 340 g/mol. The summed E-state index contributed by atoms with van der Waals surface area (Å²) in [5, 5.41) is 9.98. The average molecular weight is 340 g/mol. The third-order valence-electron chi connectivity index (χ3n) is 4.47. The fourth-order valence-electron chi connectivity index (χ4n) is 3.22. The molecule has 2 N–H and O–H groups in total. The highest BCUT2D eigenvalue weighted by atomic mass is 19.1. The molecule has 0 saturated heterocycles. The first-order valence-electron chi connectivity index (χ1n) is 7.48. The number of nitrogens with zero attached hydrogens (tertiary/aromatic N) is 1. The number of hydrogen-bond acceptors (Lipinski definition) is 4. The molecule has 0 saturated carbocycles. The molecule has 0 spiro atoms. The number of ether oxygens (including phenoxy) is 1. The van der Waals surface area contributed by atoms with Gasteiger partial charge in [0.15, 0.2) is 0 Å². The zero-order valence-corrected chi connectivity index (χ0v) is 13.3. The van der Waals surface area contributed by atoms with Crippen molar-refractivity contribution in [1.82, 2.24) is 0 Å². The number of nitrogens with two attached hydrogens (primary N) is 1. The van der Waals surface area contributed by atoms with Gasteiger partial charge in [0, 0.05) is 12.0 Å². The van der Waals surface area contributed by atoms with Gasteiger partial charge in [-0.25, -0.2) is 13.6 Å². The molecule has 25 heavy (non-hydrogen) atoms. The van der Waals surface area contributed by atoms with E-state index in [1.54, 1.807) is 6.07 Å². The standard InChI is InChI=1S/C19H14F2N2O2/c1-25-18(24)13-9-19(10-22,11-5-7-12(20)8-6-11)14-3-2-4-15(21)16(14)17(13)23/h2-8H,9,23H2,1H3. The van der Waals surface area contributed by atoms with E-state index in [9.17, 15) is 18.8 Å². The van der Waals surface area contributed by atoms with Crippen molar-refractivity contribution < 1.29 is 18.3 Å². The summed E-state index contributed by atoms with van der Waals surface area (Å²) in [5.74, 6) is -1.83. The first kappa shape index (κ1) is 16.7. The lowest BCUT2D eigenvalue weighted by atomic mass is 9.66. The molecule has 1 aliphatic rings. The SMILES string of the molecule is COC(=O)C1=C(N)c2c(F)cccc2C(C#N)(c2ccc(F)cc2)C1. The summed E-state index contributed by atoms with van der Waals surface area (Å²) in [6.45, 7) is 0. The highest BCUT2D eigenvalue weighted by Crippen LogP contribution is 2.46. The number of halogens is 2. The molecular formula is C19H14F2N2O2. The minimum Gasteiger partial charge on any atom is -0.466 e. The smallest absolute Gasteiger partial charge is 0.335 e. The van der Waals surface area contributed by atoms with Crippen LogP contribution in [0.15, 0.2) is 48.0 Å². The molecule has 0 aromatic heterocycles. The van der Waals surface area contributed by atoms with Crippen LogP contribution in [0, 0.1) is 23.0 Å². The molecule has 0 aliphatic heterocycles. The van der Waals surface area contributed by atoms with Gasteiger partial charge in [-0.15, -0.1) is 0 Å². The van der Waals surface area contributed by atoms with E-state index < -0.39 is 23.0 Å². The van der Waals surface area contributed by atoms with Gasteiger partial charge in [-0.05, 0) is 29.3 Å². The molecule has 6 heteroatoms. The summed E-state index contributed by atoms with van der Waals surface area (Å²) in [6, 6.07) is 11.8. The van der Waals surface area contributed by atoms with Crippen molar-refractivity contribution in [3.63, 3.8) is 0 Å². The zero-order chi connectivity index (χ0) is 18.2. The normalized spacial score (nSPS) is 19.1. The van der Waals surface area contributed by atoms with E-state index in [-0.39, 0.29) is 23.3 Å². The maximum absolute atomic E-state index is 14.5. The van der Waals surface area contributed by atoms with Crippen molar-refractivity contribution in [3.05, 3.63) is 76.4 Å². The van der Waals surface area contributed by atoms with Gasteiger partial charge in [0.25, 0.3) is 0 Å². The van der Waals surface area contributed by atoms with Crippen LogP contribution in [0.1, 0.15) is 23.1 Å².